The van der Waals surface area contributed by atoms with Crippen LogP contribution in [-0.2, 0) is 7.05 Å². The average molecular weight is 195 g/mol. The SMILES string of the molecule is Cc1nn(C)cc1NC(C)CC(C)C. The molecular formula is C11H21N3. The molecule has 1 heterocycles. The van der Waals surface area contributed by atoms with Gasteiger partial charge in [-0.2, -0.15) is 5.10 Å². The lowest BCUT2D eigenvalue weighted by Gasteiger charge is -2.16. The number of hydrogen-bond donors (Lipinski definition) is 1. The summed E-state index contributed by atoms with van der Waals surface area (Å²) in [7, 11) is 1.95. The van der Waals surface area contributed by atoms with E-state index in [-0.39, 0.29) is 0 Å². The monoisotopic (exact) mass is 195 g/mol. The number of aromatic nitrogens is 2. The van der Waals surface area contributed by atoms with E-state index in [0.717, 1.165) is 17.3 Å². The topological polar surface area (TPSA) is 29.9 Å². The Kier molecular flexibility index (Phi) is 3.55. The van der Waals surface area contributed by atoms with Gasteiger partial charge in [0.15, 0.2) is 0 Å². The van der Waals surface area contributed by atoms with E-state index < -0.39 is 0 Å². The van der Waals surface area contributed by atoms with Gasteiger partial charge in [0.2, 0.25) is 0 Å². The Morgan fingerprint density at radius 1 is 1.43 bits per heavy atom. The summed E-state index contributed by atoms with van der Waals surface area (Å²) in [6.07, 6.45) is 3.22. The Morgan fingerprint density at radius 2 is 2.07 bits per heavy atom. The zero-order chi connectivity index (χ0) is 10.7. The van der Waals surface area contributed by atoms with Crippen molar-refractivity contribution in [1.29, 1.82) is 0 Å². The largest absolute Gasteiger partial charge is 0.380 e. The maximum absolute atomic E-state index is 4.30. The van der Waals surface area contributed by atoms with Crippen molar-refractivity contribution in [3.05, 3.63) is 11.9 Å². The highest BCUT2D eigenvalue weighted by molar-refractivity contribution is 5.46. The van der Waals surface area contributed by atoms with Gasteiger partial charge < -0.3 is 5.32 Å². The third kappa shape index (κ3) is 3.05. The smallest absolute Gasteiger partial charge is 0.0825 e. The van der Waals surface area contributed by atoms with Crippen LogP contribution in [0.5, 0.6) is 0 Å². The molecule has 0 fully saturated rings. The molecule has 0 aliphatic rings. The zero-order valence-corrected chi connectivity index (χ0v) is 9.83. The van der Waals surface area contributed by atoms with Crippen molar-refractivity contribution in [2.75, 3.05) is 5.32 Å². The van der Waals surface area contributed by atoms with Gasteiger partial charge in [0.1, 0.15) is 0 Å². The van der Waals surface area contributed by atoms with Crippen molar-refractivity contribution < 1.29 is 0 Å². The van der Waals surface area contributed by atoms with Gasteiger partial charge in [0.05, 0.1) is 11.4 Å². The summed E-state index contributed by atoms with van der Waals surface area (Å²) in [5.41, 5.74) is 2.23. The Labute approximate surface area is 86.5 Å². The van der Waals surface area contributed by atoms with E-state index >= 15 is 0 Å². The summed E-state index contributed by atoms with van der Waals surface area (Å²) in [6.45, 7) is 8.74. The van der Waals surface area contributed by atoms with Crippen LogP contribution in [0.3, 0.4) is 0 Å². The van der Waals surface area contributed by atoms with Crippen molar-refractivity contribution in [3.63, 3.8) is 0 Å². The number of rotatable bonds is 4. The van der Waals surface area contributed by atoms with Crippen LogP contribution in [0.4, 0.5) is 5.69 Å². The van der Waals surface area contributed by atoms with E-state index in [9.17, 15) is 0 Å². The molecule has 0 radical (unpaired) electrons. The minimum absolute atomic E-state index is 0.512. The van der Waals surface area contributed by atoms with Crippen LogP contribution in [-0.4, -0.2) is 15.8 Å². The molecule has 0 aliphatic carbocycles. The van der Waals surface area contributed by atoms with Gasteiger partial charge in [-0.25, -0.2) is 0 Å². The van der Waals surface area contributed by atoms with Crippen LogP contribution in [0.1, 0.15) is 32.9 Å². The Bertz CT molecular complexity index is 289. The van der Waals surface area contributed by atoms with Gasteiger partial charge >= 0.3 is 0 Å². The van der Waals surface area contributed by atoms with Gasteiger partial charge in [-0.05, 0) is 26.2 Å². The molecule has 0 spiro atoms. The lowest BCUT2D eigenvalue weighted by molar-refractivity contribution is 0.539. The molecule has 3 heteroatoms. The van der Waals surface area contributed by atoms with Crippen LogP contribution in [0.25, 0.3) is 0 Å². The van der Waals surface area contributed by atoms with E-state index in [2.05, 4.69) is 31.2 Å². The number of nitrogens with one attached hydrogen (secondary N) is 1. The average Bonchev–Trinajstić information content (AvgIpc) is 2.28. The first-order valence-electron chi connectivity index (χ1n) is 5.25. The van der Waals surface area contributed by atoms with Crippen molar-refractivity contribution >= 4 is 5.69 Å². The molecule has 1 atom stereocenters. The number of nitrogens with zero attached hydrogens (tertiary/aromatic N) is 2. The first-order valence-corrected chi connectivity index (χ1v) is 5.25. The number of aryl methyl sites for hydroxylation is 2. The lowest BCUT2D eigenvalue weighted by atomic mass is 10.1. The third-order valence-electron chi connectivity index (χ3n) is 2.24. The van der Waals surface area contributed by atoms with Crippen LogP contribution in [0.2, 0.25) is 0 Å². The number of hydrogen-bond acceptors (Lipinski definition) is 2. The van der Waals surface area contributed by atoms with Gasteiger partial charge in [0, 0.05) is 19.3 Å². The molecule has 14 heavy (non-hydrogen) atoms. The Morgan fingerprint density at radius 3 is 2.50 bits per heavy atom. The Hall–Kier alpha value is -0.990. The number of anilines is 1. The van der Waals surface area contributed by atoms with Crippen LogP contribution >= 0.6 is 0 Å². The van der Waals surface area contributed by atoms with Gasteiger partial charge in [-0.1, -0.05) is 13.8 Å². The van der Waals surface area contributed by atoms with E-state index in [1.54, 1.807) is 0 Å². The highest BCUT2D eigenvalue weighted by atomic mass is 15.3. The van der Waals surface area contributed by atoms with Crippen molar-refractivity contribution in [3.8, 4) is 0 Å². The summed E-state index contributed by atoms with van der Waals surface area (Å²) < 4.78 is 1.85. The molecule has 1 aromatic rings. The maximum Gasteiger partial charge on any atom is 0.0825 e. The van der Waals surface area contributed by atoms with E-state index in [0.29, 0.717) is 6.04 Å². The minimum Gasteiger partial charge on any atom is -0.380 e. The van der Waals surface area contributed by atoms with Crippen LogP contribution in [0, 0.1) is 12.8 Å². The molecule has 1 rings (SSSR count). The molecule has 80 valence electrons. The predicted octanol–water partition coefficient (Wildman–Crippen LogP) is 2.58. The molecule has 1 unspecified atom stereocenters. The third-order valence-corrected chi connectivity index (χ3v) is 2.24. The van der Waals surface area contributed by atoms with E-state index in [4.69, 9.17) is 0 Å². The molecular weight excluding hydrogens is 174 g/mol. The molecule has 3 nitrogen and oxygen atoms in total. The summed E-state index contributed by atoms with van der Waals surface area (Å²) in [5.74, 6) is 0.731. The second-order valence-electron chi connectivity index (χ2n) is 4.48. The second kappa shape index (κ2) is 4.49. The molecule has 1 N–H and O–H groups in total. The fourth-order valence-electron chi connectivity index (χ4n) is 1.77. The highest BCUT2D eigenvalue weighted by Gasteiger charge is 2.08. The molecule has 0 saturated carbocycles. The van der Waals surface area contributed by atoms with Crippen molar-refractivity contribution in [2.24, 2.45) is 13.0 Å². The highest BCUT2D eigenvalue weighted by Crippen LogP contribution is 2.15. The summed E-state index contributed by atoms with van der Waals surface area (Å²) in [5, 5.41) is 7.78. The summed E-state index contributed by atoms with van der Waals surface area (Å²) >= 11 is 0. The van der Waals surface area contributed by atoms with Crippen molar-refractivity contribution in [1.82, 2.24) is 9.78 Å². The van der Waals surface area contributed by atoms with Gasteiger partial charge in [0.25, 0.3) is 0 Å². The lowest BCUT2D eigenvalue weighted by Crippen LogP contribution is -2.17. The maximum atomic E-state index is 4.30. The molecule has 0 aromatic carbocycles. The predicted molar refractivity (Wildman–Crippen MR) is 60.5 cm³/mol. The van der Waals surface area contributed by atoms with Gasteiger partial charge in [-0.3, -0.25) is 4.68 Å². The second-order valence-corrected chi connectivity index (χ2v) is 4.48. The molecule has 0 aliphatic heterocycles. The molecule has 0 saturated heterocycles. The fourth-order valence-corrected chi connectivity index (χ4v) is 1.77. The summed E-state index contributed by atoms with van der Waals surface area (Å²) in [4.78, 5) is 0. The van der Waals surface area contributed by atoms with E-state index in [1.807, 2.05) is 24.9 Å². The van der Waals surface area contributed by atoms with Crippen molar-refractivity contribution in [2.45, 2.75) is 40.2 Å². The first-order chi connectivity index (χ1) is 6.49. The fraction of sp³-hybridized carbons (Fsp3) is 0.727. The van der Waals surface area contributed by atoms with Crippen LogP contribution < -0.4 is 5.32 Å². The normalized spacial score (nSPS) is 13.3. The first kappa shape index (κ1) is 11.1. The van der Waals surface area contributed by atoms with Crippen LogP contribution in [0.15, 0.2) is 6.20 Å². The quantitative estimate of drug-likeness (QED) is 0.800. The summed E-state index contributed by atoms with van der Waals surface area (Å²) in [6, 6.07) is 0.512. The van der Waals surface area contributed by atoms with E-state index in [1.165, 1.54) is 6.42 Å². The zero-order valence-electron chi connectivity index (χ0n) is 9.83. The minimum atomic E-state index is 0.512. The molecule has 0 bridgehead atoms. The molecule has 0 amide bonds. The standard InChI is InChI=1S/C11H21N3/c1-8(2)6-9(3)12-11-7-14(5)13-10(11)4/h7-9,12H,6H2,1-5H3. The molecule has 1 aromatic heterocycles. The Balaban J connectivity index is 2.55. The van der Waals surface area contributed by atoms with Gasteiger partial charge in [-0.15, -0.1) is 0 Å².